The normalized spacial score (nSPS) is 10.2. The van der Waals surface area contributed by atoms with Crippen LogP contribution in [0.3, 0.4) is 0 Å². The Hall–Kier alpha value is -1.97. The van der Waals surface area contributed by atoms with Crippen LogP contribution in [0.5, 0.6) is 11.5 Å². The standard InChI is InChI=1S/C11H7FIN3O3/c12-7-5-6(16(17)18)1-2-8(7)19-9-3-4-15-11(14)10(9)13/h1-5H,(H2,14,15). The summed E-state index contributed by atoms with van der Waals surface area (Å²) in [6.07, 6.45) is 1.43. The van der Waals surface area contributed by atoms with Gasteiger partial charge in [0, 0.05) is 18.3 Å². The molecule has 0 atom stereocenters. The fraction of sp³-hybridized carbons (Fsp3) is 0. The van der Waals surface area contributed by atoms with E-state index in [-0.39, 0.29) is 17.3 Å². The van der Waals surface area contributed by atoms with E-state index in [1.807, 2.05) is 22.6 Å². The molecule has 98 valence electrons. The average Bonchev–Trinajstić information content (AvgIpc) is 2.37. The van der Waals surface area contributed by atoms with Gasteiger partial charge >= 0.3 is 0 Å². The molecule has 0 fully saturated rings. The zero-order valence-corrected chi connectivity index (χ0v) is 11.5. The minimum atomic E-state index is -0.819. The summed E-state index contributed by atoms with van der Waals surface area (Å²) in [7, 11) is 0. The van der Waals surface area contributed by atoms with Crippen molar-refractivity contribution in [3.05, 3.63) is 50.0 Å². The maximum Gasteiger partial charge on any atom is 0.272 e. The van der Waals surface area contributed by atoms with Gasteiger partial charge in [-0.15, -0.1) is 0 Å². The van der Waals surface area contributed by atoms with E-state index >= 15 is 0 Å². The molecule has 2 N–H and O–H groups in total. The van der Waals surface area contributed by atoms with Gasteiger partial charge in [0.1, 0.15) is 11.6 Å². The molecule has 0 saturated carbocycles. The van der Waals surface area contributed by atoms with Crippen molar-refractivity contribution >= 4 is 34.1 Å². The minimum absolute atomic E-state index is 0.117. The Kier molecular flexibility index (Phi) is 3.79. The van der Waals surface area contributed by atoms with Gasteiger partial charge in [0.2, 0.25) is 0 Å². The smallest absolute Gasteiger partial charge is 0.272 e. The van der Waals surface area contributed by atoms with Gasteiger partial charge in [-0.3, -0.25) is 10.1 Å². The second kappa shape index (κ2) is 5.34. The molecule has 0 aliphatic carbocycles. The summed E-state index contributed by atoms with van der Waals surface area (Å²) in [6, 6.07) is 4.68. The molecule has 1 aromatic carbocycles. The number of hydrogen-bond acceptors (Lipinski definition) is 5. The third kappa shape index (κ3) is 2.89. The van der Waals surface area contributed by atoms with Crippen LogP contribution in [-0.2, 0) is 0 Å². The minimum Gasteiger partial charge on any atom is -0.453 e. The van der Waals surface area contributed by atoms with Gasteiger partial charge in [-0.25, -0.2) is 9.37 Å². The van der Waals surface area contributed by atoms with Crippen molar-refractivity contribution in [1.82, 2.24) is 4.98 Å². The van der Waals surface area contributed by atoms with E-state index in [9.17, 15) is 14.5 Å². The Labute approximate surface area is 120 Å². The molecular formula is C11H7FIN3O3. The van der Waals surface area contributed by atoms with Crippen LogP contribution in [0.1, 0.15) is 0 Å². The Morgan fingerprint density at radius 3 is 2.74 bits per heavy atom. The highest BCUT2D eigenvalue weighted by atomic mass is 127. The van der Waals surface area contributed by atoms with E-state index in [0.717, 1.165) is 12.1 Å². The number of hydrogen-bond donors (Lipinski definition) is 1. The second-order valence-electron chi connectivity index (χ2n) is 3.48. The predicted molar refractivity (Wildman–Crippen MR) is 74.5 cm³/mol. The van der Waals surface area contributed by atoms with Crippen LogP contribution in [0.4, 0.5) is 15.9 Å². The Morgan fingerprint density at radius 2 is 2.11 bits per heavy atom. The van der Waals surface area contributed by atoms with E-state index in [0.29, 0.717) is 9.32 Å². The largest absolute Gasteiger partial charge is 0.453 e. The maximum atomic E-state index is 13.6. The number of benzene rings is 1. The lowest BCUT2D eigenvalue weighted by molar-refractivity contribution is -0.385. The number of rotatable bonds is 3. The first kappa shape index (κ1) is 13.5. The lowest BCUT2D eigenvalue weighted by atomic mass is 10.3. The number of pyridine rings is 1. The van der Waals surface area contributed by atoms with E-state index in [2.05, 4.69) is 4.98 Å². The summed E-state index contributed by atoms with van der Waals surface area (Å²) < 4.78 is 19.5. The highest BCUT2D eigenvalue weighted by Gasteiger charge is 2.14. The third-order valence-electron chi connectivity index (χ3n) is 2.23. The van der Waals surface area contributed by atoms with Gasteiger partial charge in [-0.2, -0.15) is 0 Å². The molecule has 0 radical (unpaired) electrons. The maximum absolute atomic E-state index is 13.6. The molecule has 0 aliphatic heterocycles. The number of nitrogens with two attached hydrogens (primary N) is 1. The Morgan fingerprint density at radius 1 is 1.37 bits per heavy atom. The van der Waals surface area contributed by atoms with Gasteiger partial charge in [-0.05, 0) is 28.7 Å². The van der Waals surface area contributed by atoms with Gasteiger partial charge in [0.15, 0.2) is 11.6 Å². The molecule has 19 heavy (non-hydrogen) atoms. The van der Waals surface area contributed by atoms with Crippen LogP contribution in [0.25, 0.3) is 0 Å². The second-order valence-corrected chi connectivity index (χ2v) is 4.56. The number of ether oxygens (including phenoxy) is 1. The zero-order valence-electron chi connectivity index (χ0n) is 9.34. The number of halogens is 2. The number of nitro groups is 1. The van der Waals surface area contributed by atoms with Gasteiger partial charge < -0.3 is 10.5 Å². The molecule has 0 saturated heterocycles. The highest BCUT2D eigenvalue weighted by Crippen LogP contribution is 2.31. The number of anilines is 1. The van der Waals surface area contributed by atoms with Crippen LogP contribution in [0.2, 0.25) is 0 Å². The molecule has 2 rings (SSSR count). The highest BCUT2D eigenvalue weighted by molar-refractivity contribution is 14.1. The first-order valence-corrected chi connectivity index (χ1v) is 6.08. The van der Waals surface area contributed by atoms with Crippen LogP contribution in [0.15, 0.2) is 30.5 Å². The number of nitrogens with zero attached hydrogens (tertiary/aromatic N) is 2. The summed E-state index contributed by atoms with van der Waals surface area (Å²) >= 11 is 1.92. The Balaban J connectivity index is 2.34. The molecular weight excluding hydrogens is 368 g/mol. The molecule has 6 nitrogen and oxygen atoms in total. The van der Waals surface area contributed by atoms with Crippen molar-refractivity contribution in [2.45, 2.75) is 0 Å². The van der Waals surface area contributed by atoms with Crippen LogP contribution in [-0.4, -0.2) is 9.91 Å². The summed E-state index contributed by atoms with van der Waals surface area (Å²) in [5.41, 5.74) is 5.26. The lowest BCUT2D eigenvalue weighted by Crippen LogP contribution is -1.97. The van der Waals surface area contributed by atoms with Crippen molar-refractivity contribution in [2.75, 3.05) is 5.73 Å². The number of nitro benzene ring substituents is 1. The van der Waals surface area contributed by atoms with E-state index in [1.165, 1.54) is 18.3 Å². The molecule has 0 aliphatic rings. The van der Waals surface area contributed by atoms with E-state index in [4.69, 9.17) is 10.5 Å². The average molecular weight is 375 g/mol. The number of nitrogen functional groups attached to an aromatic ring is 1. The predicted octanol–water partition coefficient (Wildman–Crippen LogP) is 3.11. The summed E-state index contributed by atoms with van der Waals surface area (Å²) in [5.74, 6) is -0.337. The first-order valence-electron chi connectivity index (χ1n) is 5.01. The third-order valence-corrected chi connectivity index (χ3v) is 3.31. The van der Waals surface area contributed by atoms with Crippen molar-refractivity contribution in [2.24, 2.45) is 0 Å². The summed E-state index contributed by atoms with van der Waals surface area (Å²) in [6.45, 7) is 0. The fourth-order valence-corrected chi connectivity index (χ4v) is 1.75. The van der Waals surface area contributed by atoms with Gasteiger partial charge in [-0.1, -0.05) is 0 Å². The van der Waals surface area contributed by atoms with E-state index in [1.54, 1.807) is 0 Å². The molecule has 0 amide bonds. The van der Waals surface area contributed by atoms with Gasteiger partial charge in [0.05, 0.1) is 14.6 Å². The first-order chi connectivity index (χ1) is 8.99. The molecule has 0 bridgehead atoms. The molecule has 0 unspecified atom stereocenters. The molecule has 1 aromatic heterocycles. The summed E-state index contributed by atoms with van der Waals surface area (Å²) in [5, 5.41) is 10.5. The van der Waals surface area contributed by atoms with Crippen LogP contribution in [0, 0.1) is 19.5 Å². The van der Waals surface area contributed by atoms with Crippen molar-refractivity contribution < 1.29 is 14.1 Å². The Bertz CT molecular complexity index is 651. The van der Waals surface area contributed by atoms with Crippen molar-refractivity contribution in [1.29, 1.82) is 0 Å². The molecule has 2 aromatic rings. The zero-order chi connectivity index (χ0) is 14.0. The molecule has 1 heterocycles. The van der Waals surface area contributed by atoms with Crippen molar-refractivity contribution in [3.8, 4) is 11.5 Å². The SMILES string of the molecule is Nc1nccc(Oc2ccc([N+](=O)[O-])cc2F)c1I. The topological polar surface area (TPSA) is 91.3 Å². The lowest BCUT2D eigenvalue weighted by Gasteiger charge is -2.09. The molecule has 8 heteroatoms. The number of aromatic nitrogens is 1. The quantitative estimate of drug-likeness (QED) is 0.506. The fourth-order valence-electron chi connectivity index (χ4n) is 1.32. The summed E-state index contributed by atoms with van der Waals surface area (Å²) in [4.78, 5) is 13.7. The monoisotopic (exact) mass is 375 g/mol. The van der Waals surface area contributed by atoms with Gasteiger partial charge in [0.25, 0.3) is 5.69 Å². The van der Waals surface area contributed by atoms with Crippen LogP contribution >= 0.6 is 22.6 Å². The molecule has 0 spiro atoms. The van der Waals surface area contributed by atoms with Crippen molar-refractivity contribution in [3.63, 3.8) is 0 Å². The van der Waals surface area contributed by atoms with Crippen LogP contribution < -0.4 is 10.5 Å². The number of non-ortho nitro benzene ring substituents is 1. The van der Waals surface area contributed by atoms with E-state index < -0.39 is 10.7 Å².